The Hall–Kier alpha value is -2.71. The zero-order valence-corrected chi connectivity index (χ0v) is 16.2. The van der Waals surface area contributed by atoms with Gasteiger partial charge in [0.05, 0.1) is 0 Å². The van der Waals surface area contributed by atoms with Gasteiger partial charge in [-0.25, -0.2) is 14.8 Å². The number of nitrogens with one attached hydrogen (secondary N) is 1. The highest BCUT2D eigenvalue weighted by molar-refractivity contribution is 5.95. The van der Waals surface area contributed by atoms with Gasteiger partial charge in [0.15, 0.2) is 5.82 Å². The summed E-state index contributed by atoms with van der Waals surface area (Å²) in [6, 6.07) is -0.112. The number of urea groups is 1. The Morgan fingerprint density at radius 3 is 2.81 bits per heavy atom. The highest BCUT2D eigenvalue weighted by Gasteiger charge is 2.30. The number of likely N-dealkylation sites (tertiary alicyclic amines) is 1. The van der Waals surface area contributed by atoms with E-state index in [9.17, 15) is 9.59 Å². The summed E-state index contributed by atoms with van der Waals surface area (Å²) in [4.78, 5) is 35.2. The van der Waals surface area contributed by atoms with Crippen molar-refractivity contribution < 1.29 is 9.59 Å². The molecule has 9 heteroatoms. The number of carbonyl (C=O) groups excluding carboxylic acids is 2. The van der Waals surface area contributed by atoms with Crippen LogP contribution in [0.4, 0.5) is 4.79 Å². The molecule has 0 aliphatic carbocycles. The first-order chi connectivity index (χ1) is 13.0. The van der Waals surface area contributed by atoms with Crippen molar-refractivity contribution in [3.8, 4) is 0 Å². The van der Waals surface area contributed by atoms with Gasteiger partial charge >= 0.3 is 6.03 Å². The lowest BCUT2D eigenvalue weighted by Crippen LogP contribution is -2.47. The van der Waals surface area contributed by atoms with E-state index in [-0.39, 0.29) is 17.7 Å². The van der Waals surface area contributed by atoms with Crippen LogP contribution >= 0.6 is 0 Å². The summed E-state index contributed by atoms with van der Waals surface area (Å²) >= 11 is 0. The molecule has 3 rings (SSSR count). The first-order valence-electron chi connectivity index (χ1n) is 9.38. The second kappa shape index (κ2) is 8.32. The van der Waals surface area contributed by atoms with Crippen molar-refractivity contribution >= 4 is 11.8 Å². The van der Waals surface area contributed by atoms with Crippen molar-refractivity contribution in [2.75, 3.05) is 19.6 Å². The Morgan fingerprint density at radius 1 is 1.33 bits per heavy atom. The molecule has 1 fully saturated rings. The van der Waals surface area contributed by atoms with E-state index in [1.54, 1.807) is 21.9 Å². The van der Waals surface area contributed by atoms with Gasteiger partial charge in [0.1, 0.15) is 11.6 Å². The SMILES string of the molecule is Cc1nc(C)n(CCCNC(=O)N2CCC[C@@H](C(=O)c3nccn3C)C2)n1. The van der Waals surface area contributed by atoms with Gasteiger partial charge in [-0.3, -0.25) is 9.48 Å². The highest BCUT2D eigenvalue weighted by atomic mass is 16.2. The highest BCUT2D eigenvalue weighted by Crippen LogP contribution is 2.20. The molecule has 0 radical (unpaired) electrons. The number of Topliss-reactive ketones (excluding diaryl/α,β-unsaturated/α-hetero) is 1. The van der Waals surface area contributed by atoms with Crippen molar-refractivity contribution in [1.82, 2.24) is 34.5 Å². The van der Waals surface area contributed by atoms with Crippen LogP contribution in [0, 0.1) is 19.8 Å². The fourth-order valence-corrected chi connectivity index (χ4v) is 3.47. The smallest absolute Gasteiger partial charge is 0.317 e. The maximum absolute atomic E-state index is 12.6. The normalized spacial score (nSPS) is 17.1. The molecule has 1 aliphatic heterocycles. The average molecular weight is 373 g/mol. The number of nitrogens with zero attached hydrogens (tertiary/aromatic N) is 6. The minimum absolute atomic E-state index is 0.0111. The molecule has 2 amide bonds. The maximum Gasteiger partial charge on any atom is 0.317 e. The van der Waals surface area contributed by atoms with E-state index in [0.717, 1.165) is 30.9 Å². The molecule has 0 saturated carbocycles. The van der Waals surface area contributed by atoms with E-state index in [0.29, 0.717) is 32.0 Å². The number of carbonyl (C=O) groups is 2. The summed E-state index contributed by atoms with van der Waals surface area (Å²) in [7, 11) is 1.81. The molecule has 146 valence electrons. The lowest BCUT2D eigenvalue weighted by atomic mass is 9.93. The molecule has 1 N–H and O–H groups in total. The third-order valence-corrected chi connectivity index (χ3v) is 4.91. The van der Waals surface area contributed by atoms with Gasteiger partial charge in [-0.15, -0.1) is 0 Å². The van der Waals surface area contributed by atoms with Crippen LogP contribution in [0.25, 0.3) is 0 Å². The molecule has 1 saturated heterocycles. The number of imidazole rings is 1. The predicted molar refractivity (Wildman–Crippen MR) is 99.3 cm³/mol. The number of aryl methyl sites for hydroxylation is 4. The zero-order valence-electron chi connectivity index (χ0n) is 16.2. The molecule has 0 spiro atoms. The van der Waals surface area contributed by atoms with Crippen LogP contribution in [-0.4, -0.2) is 60.7 Å². The van der Waals surface area contributed by atoms with Crippen LogP contribution < -0.4 is 5.32 Å². The molecule has 0 bridgehead atoms. The number of amides is 2. The Kier molecular flexibility index (Phi) is 5.88. The summed E-state index contributed by atoms with van der Waals surface area (Å²) in [5.41, 5.74) is 0. The second-order valence-electron chi connectivity index (χ2n) is 7.03. The molecule has 0 aromatic carbocycles. The number of hydrogen-bond acceptors (Lipinski definition) is 5. The lowest BCUT2D eigenvalue weighted by molar-refractivity contribution is 0.0831. The van der Waals surface area contributed by atoms with E-state index in [1.165, 1.54) is 0 Å². The van der Waals surface area contributed by atoms with Crippen molar-refractivity contribution in [3.05, 3.63) is 29.9 Å². The lowest BCUT2D eigenvalue weighted by Gasteiger charge is -2.31. The molecular weight excluding hydrogens is 346 g/mol. The molecule has 1 atom stereocenters. The number of piperidine rings is 1. The summed E-state index contributed by atoms with van der Waals surface area (Å²) in [6.07, 6.45) is 5.78. The average Bonchev–Trinajstić information content (AvgIpc) is 3.22. The van der Waals surface area contributed by atoms with E-state index in [1.807, 2.05) is 25.6 Å². The quantitative estimate of drug-likeness (QED) is 0.608. The number of rotatable bonds is 6. The van der Waals surface area contributed by atoms with Crippen LogP contribution in [0.1, 0.15) is 41.5 Å². The van der Waals surface area contributed by atoms with E-state index in [4.69, 9.17) is 0 Å². The van der Waals surface area contributed by atoms with Crippen LogP contribution in [0.5, 0.6) is 0 Å². The van der Waals surface area contributed by atoms with E-state index in [2.05, 4.69) is 20.4 Å². The van der Waals surface area contributed by atoms with E-state index < -0.39 is 0 Å². The fraction of sp³-hybridized carbons (Fsp3) is 0.611. The topological polar surface area (TPSA) is 97.9 Å². The summed E-state index contributed by atoms with van der Waals surface area (Å²) in [5.74, 6) is 1.92. The molecular formula is C18H27N7O2. The Morgan fingerprint density at radius 2 is 2.15 bits per heavy atom. The van der Waals surface area contributed by atoms with Crippen LogP contribution in [0.3, 0.4) is 0 Å². The molecule has 2 aromatic heterocycles. The minimum Gasteiger partial charge on any atom is -0.338 e. The van der Waals surface area contributed by atoms with Gasteiger partial charge in [0.2, 0.25) is 5.78 Å². The Balaban J connectivity index is 1.46. The summed E-state index contributed by atoms with van der Waals surface area (Å²) < 4.78 is 3.58. The Labute approximate surface area is 158 Å². The van der Waals surface area contributed by atoms with Crippen LogP contribution in [-0.2, 0) is 13.6 Å². The summed E-state index contributed by atoms with van der Waals surface area (Å²) in [6.45, 7) is 6.19. The zero-order chi connectivity index (χ0) is 19.4. The minimum atomic E-state index is -0.189. The van der Waals surface area contributed by atoms with Gasteiger partial charge in [0, 0.05) is 51.5 Å². The summed E-state index contributed by atoms with van der Waals surface area (Å²) in [5, 5.41) is 7.26. The van der Waals surface area contributed by atoms with Gasteiger partial charge in [0.25, 0.3) is 0 Å². The van der Waals surface area contributed by atoms with Crippen molar-refractivity contribution in [1.29, 1.82) is 0 Å². The molecule has 1 aliphatic rings. The van der Waals surface area contributed by atoms with Gasteiger partial charge in [-0.05, 0) is 33.1 Å². The molecule has 2 aromatic rings. The van der Waals surface area contributed by atoms with Crippen molar-refractivity contribution in [3.63, 3.8) is 0 Å². The van der Waals surface area contributed by atoms with Crippen molar-refractivity contribution in [2.45, 2.75) is 39.7 Å². The molecule has 27 heavy (non-hydrogen) atoms. The Bertz CT molecular complexity index is 810. The van der Waals surface area contributed by atoms with Crippen LogP contribution in [0.2, 0.25) is 0 Å². The largest absolute Gasteiger partial charge is 0.338 e. The monoisotopic (exact) mass is 373 g/mol. The number of aromatic nitrogens is 5. The number of hydrogen-bond donors (Lipinski definition) is 1. The third kappa shape index (κ3) is 4.53. The first kappa shape index (κ1) is 19.1. The predicted octanol–water partition coefficient (Wildman–Crippen LogP) is 1.32. The third-order valence-electron chi connectivity index (χ3n) is 4.91. The second-order valence-corrected chi connectivity index (χ2v) is 7.03. The fourth-order valence-electron chi connectivity index (χ4n) is 3.47. The molecule has 3 heterocycles. The van der Waals surface area contributed by atoms with Crippen LogP contribution in [0.15, 0.2) is 12.4 Å². The van der Waals surface area contributed by atoms with Gasteiger partial charge < -0.3 is 14.8 Å². The molecule has 9 nitrogen and oxygen atoms in total. The standard InChI is InChI=1S/C18H27N7O2/c1-13-21-14(2)25(22-13)10-5-7-20-18(27)24-9-4-6-15(12-24)16(26)17-19-8-11-23(17)3/h8,11,15H,4-7,9-10,12H2,1-3H3,(H,20,27)/t15-/m1/s1. The maximum atomic E-state index is 12.6. The van der Waals surface area contributed by atoms with Crippen molar-refractivity contribution in [2.24, 2.45) is 13.0 Å². The number of ketones is 1. The van der Waals surface area contributed by atoms with Gasteiger partial charge in [-0.1, -0.05) is 0 Å². The van der Waals surface area contributed by atoms with Gasteiger partial charge in [-0.2, -0.15) is 5.10 Å². The first-order valence-corrected chi connectivity index (χ1v) is 9.38. The molecule has 0 unspecified atom stereocenters. The van der Waals surface area contributed by atoms with E-state index >= 15 is 0 Å².